The van der Waals surface area contributed by atoms with E-state index in [1.54, 1.807) is 12.1 Å². The maximum absolute atomic E-state index is 11.2. The van der Waals surface area contributed by atoms with Crippen LogP contribution in [0.5, 0.6) is 0 Å². The fourth-order valence-corrected chi connectivity index (χ4v) is 6.54. The van der Waals surface area contributed by atoms with Crippen LogP contribution in [-0.4, -0.2) is 15.9 Å². The summed E-state index contributed by atoms with van der Waals surface area (Å²) in [6.07, 6.45) is 1.04. The molecule has 0 bridgehead atoms. The molecule has 1 heterocycles. The second kappa shape index (κ2) is 13.6. The number of carbonyl (C=O) groups excluding carboxylic acids is 1. The first kappa shape index (κ1) is 34.0. The van der Waals surface area contributed by atoms with E-state index in [-0.39, 0.29) is 37.1 Å². The van der Waals surface area contributed by atoms with Gasteiger partial charge >= 0.3 is 0 Å². The van der Waals surface area contributed by atoms with E-state index in [4.69, 9.17) is 4.98 Å². The average molecular weight is 773 g/mol. The van der Waals surface area contributed by atoms with Crippen LogP contribution in [0.1, 0.15) is 74.9 Å². The molecule has 4 aromatic carbocycles. The zero-order chi connectivity index (χ0) is 31.8. The fraction of sp³-hybridized carbons (Fsp3) is 0.268. The zero-order valence-electron chi connectivity index (χ0n) is 27.5. The largest absolute Gasteiger partial charge is 0.512 e. The summed E-state index contributed by atoms with van der Waals surface area (Å²) < 4.78 is 0. The van der Waals surface area contributed by atoms with Gasteiger partial charge in [-0.3, -0.25) is 9.78 Å². The first-order valence-corrected chi connectivity index (χ1v) is 15.4. The first-order chi connectivity index (χ1) is 20.9. The number of aromatic nitrogens is 1. The van der Waals surface area contributed by atoms with E-state index < -0.39 is 0 Å². The van der Waals surface area contributed by atoms with Gasteiger partial charge in [-0.25, -0.2) is 0 Å². The Morgan fingerprint density at radius 2 is 1.53 bits per heavy atom. The summed E-state index contributed by atoms with van der Waals surface area (Å²) in [4.78, 5) is 16.3. The van der Waals surface area contributed by atoms with Crippen LogP contribution in [0.15, 0.2) is 90.7 Å². The molecule has 5 aromatic rings. The van der Waals surface area contributed by atoms with Crippen molar-refractivity contribution in [2.75, 3.05) is 0 Å². The van der Waals surface area contributed by atoms with Crippen molar-refractivity contribution in [1.29, 1.82) is 0 Å². The predicted molar refractivity (Wildman–Crippen MR) is 184 cm³/mol. The number of hydrogen-bond acceptors (Lipinski definition) is 3. The number of aliphatic hydroxyl groups excluding tert-OH is 1. The molecular formula is C41H42IrNO2-. The number of carbonyl (C=O) groups is 1. The molecule has 1 radical (unpaired) electrons. The van der Waals surface area contributed by atoms with Gasteiger partial charge in [0.25, 0.3) is 0 Å². The molecule has 1 aliphatic carbocycles. The number of aryl methyl sites for hydroxylation is 2. The van der Waals surface area contributed by atoms with Crippen LogP contribution in [0.3, 0.4) is 0 Å². The Hall–Kier alpha value is -3.85. The van der Waals surface area contributed by atoms with E-state index in [2.05, 4.69) is 102 Å². The van der Waals surface area contributed by atoms with E-state index in [0.29, 0.717) is 11.5 Å². The van der Waals surface area contributed by atoms with Gasteiger partial charge in [-0.1, -0.05) is 102 Å². The number of ketones is 1. The van der Waals surface area contributed by atoms with Crippen LogP contribution in [0.4, 0.5) is 0 Å². The van der Waals surface area contributed by atoms with Gasteiger partial charge in [0.1, 0.15) is 5.76 Å². The molecule has 0 spiro atoms. The molecule has 45 heavy (non-hydrogen) atoms. The minimum atomic E-state index is -0.119. The van der Waals surface area contributed by atoms with Crippen molar-refractivity contribution in [1.82, 2.24) is 4.98 Å². The summed E-state index contributed by atoms with van der Waals surface area (Å²) in [5, 5.41) is 10.6. The van der Waals surface area contributed by atoms with Gasteiger partial charge in [0.15, 0.2) is 5.78 Å². The van der Waals surface area contributed by atoms with Gasteiger partial charge in [0, 0.05) is 30.9 Å². The Labute approximate surface area is 281 Å². The number of nitrogens with zero attached hydrogens (tertiary/aromatic N) is 1. The number of pyridine rings is 1. The molecule has 0 saturated heterocycles. The first-order valence-electron chi connectivity index (χ1n) is 15.4. The second-order valence-corrected chi connectivity index (χ2v) is 13.0. The van der Waals surface area contributed by atoms with Crippen molar-refractivity contribution >= 4 is 22.3 Å². The van der Waals surface area contributed by atoms with Crippen LogP contribution >= 0.6 is 0 Å². The quantitative estimate of drug-likeness (QED) is 0.110. The molecule has 4 heteroatoms. The van der Waals surface area contributed by atoms with E-state index in [0.717, 1.165) is 34.3 Å². The number of Topliss-reactive ketones (excluding diaryl/α,β-unsaturated/α-hetero) is 1. The SMILES string of the molecule is CC(=O)/C(=C(/C)O)c1ccccc1.Cc1[c-]c(-c2cc(CC(C)C)c3cc4c(cc3n2)C(C)(C)c2ccccc2-4)cc(C)c1.[Ir]. The zero-order valence-corrected chi connectivity index (χ0v) is 29.9. The van der Waals surface area contributed by atoms with Gasteiger partial charge in [0.2, 0.25) is 0 Å². The Kier molecular flexibility index (Phi) is 10.3. The Bertz CT molecular complexity index is 1880. The van der Waals surface area contributed by atoms with Crippen LogP contribution in [0.2, 0.25) is 0 Å². The molecule has 1 N–H and O–H groups in total. The van der Waals surface area contributed by atoms with E-state index >= 15 is 0 Å². The summed E-state index contributed by atoms with van der Waals surface area (Å²) in [7, 11) is 0. The van der Waals surface area contributed by atoms with Crippen molar-refractivity contribution in [2.24, 2.45) is 5.92 Å². The summed E-state index contributed by atoms with van der Waals surface area (Å²) in [5.41, 5.74) is 13.7. The smallest absolute Gasteiger partial charge is 0.163 e. The van der Waals surface area contributed by atoms with Gasteiger partial charge in [-0.2, -0.15) is 0 Å². The van der Waals surface area contributed by atoms with Gasteiger partial charge in [-0.05, 0) is 77.4 Å². The van der Waals surface area contributed by atoms with Gasteiger partial charge in [0.05, 0.1) is 11.1 Å². The number of rotatable bonds is 5. The van der Waals surface area contributed by atoms with Crippen molar-refractivity contribution in [3.05, 3.63) is 130 Å². The second-order valence-electron chi connectivity index (χ2n) is 13.0. The molecule has 3 nitrogen and oxygen atoms in total. The van der Waals surface area contributed by atoms with Crippen molar-refractivity contribution in [3.8, 4) is 22.4 Å². The molecular weight excluding hydrogens is 731 g/mol. The molecule has 0 aliphatic heterocycles. The van der Waals surface area contributed by atoms with E-state index in [1.807, 2.05) is 18.2 Å². The average Bonchev–Trinajstić information content (AvgIpc) is 3.18. The Morgan fingerprint density at radius 3 is 2.16 bits per heavy atom. The molecule has 1 aromatic heterocycles. The van der Waals surface area contributed by atoms with Gasteiger partial charge in [-0.15, -0.1) is 34.9 Å². The van der Waals surface area contributed by atoms with Crippen LogP contribution < -0.4 is 0 Å². The number of aliphatic hydroxyl groups is 1. The molecule has 1 aliphatic rings. The van der Waals surface area contributed by atoms with Crippen LogP contribution in [0.25, 0.3) is 38.9 Å². The normalized spacial score (nSPS) is 13.3. The minimum Gasteiger partial charge on any atom is -0.512 e. The molecule has 6 rings (SSSR count). The monoisotopic (exact) mass is 773 g/mol. The third kappa shape index (κ3) is 7.03. The Morgan fingerprint density at radius 1 is 0.867 bits per heavy atom. The number of hydrogen-bond donors (Lipinski definition) is 1. The third-order valence-electron chi connectivity index (χ3n) is 8.43. The summed E-state index contributed by atoms with van der Waals surface area (Å²) >= 11 is 0. The molecule has 0 saturated carbocycles. The number of fused-ring (bicyclic) bond motifs is 4. The topological polar surface area (TPSA) is 50.2 Å². The van der Waals surface area contributed by atoms with Gasteiger partial charge < -0.3 is 5.11 Å². The molecule has 0 unspecified atom stereocenters. The standard InChI is InChI=1S/C30H30N.C11H12O2.Ir/c1-18(2)11-21-15-28(22-13-19(3)12-20(4)14-22)31-29-17-27-25(16-24(21)29)23-9-7-8-10-26(23)30(27,5)6;1-8(12)11(9(2)13)10-6-4-3-5-7-10;/h7-10,12-13,15-18H,11H2,1-6H3;3-7,12H,1-2H3;/q-1;;/b;11-8+;. The summed E-state index contributed by atoms with van der Waals surface area (Å²) in [5.74, 6) is 0.531. The summed E-state index contributed by atoms with van der Waals surface area (Å²) in [6, 6.07) is 32.9. The maximum atomic E-state index is 11.2. The van der Waals surface area contributed by atoms with Crippen LogP contribution in [0, 0.1) is 25.8 Å². The van der Waals surface area contributed by atoms with E-state index in [1.165, 1.54) is 52.6 Å². The maximum Gasteiger partial charge on any atom is 0.163 e. The summed E-state index contributed by atoms with van der Waals surface area (Å²) in [6.45, 7) is 16.5. The number of allylic oxidation sites excluding steroid dienone is 2. The number of benzene rings is 4. The molecule has 0 fully saturated rings. The minimum absolute atomic E-state index is 0. The predicted octanol–water partition coefficient (Wildman–Crippen LogP) is 10.4. The fourth-order valence-electron chi connectivity index (χ4n) is 6.54. The Balaban J connectivity index is 0.000000279. The van der Waals surface area contributed by atoms with E-state index in [9.17, 15) is 9.90 Å². The molecule has 233 valence electrons. The third-order valence-corrected chi connectivity index (χ3v) is 8.43. The molecule has 0 atom stereocenters. The van der Waals surface area contributed by atoms with Crippen LogP contribution in [-0.2, 0) is 36.7 Å². The molecule has 0 amide bonds. The van der Waals surface area contributed by atoms with Crippen molar-refractivity contribution in [2.45, 2.75) is 67.2 Å². The van der Waals surface area contributed by atoms with Crippen molar-refractivity contribution < 1.29 is 30.0 Å². The van der Waals surface area contributed by atoms with Crippen molar-refractivity contribution in [3.63, 3.8) is 0 Å².